The first kappa shape index (κ1) is 18.1. The van der Waals surface area contributed by atoms with Crippen LogP contribution in [0.1, 0.15) is 27.5 Å². The Morgan fingerprint density at radius 1 is 0.885 bits per heavy atom. The molecular formula is C20H23NO5. The van der Waals surface area contributed by atoms with Gasteiger partial charge in [-0.05, 0) is 47.9 Å². The van der Waals surface area contributed by atoms with Gasteiger partial charge in [0.2, 0.25) is 0 Å². The average molecular weight is 357 g/mol. The standard InChI is InChI=1S/C20H23NO5/c1-23-15-6-5-13(10-16(15)24-2)20(22)19-14-11-18(26-4)17(25-3)9-12(14)7-8-21-19/h5-6,9-11,19,21H,7-8H2,1-4H3/t19-/m1/s1. The minimum Gasteiger partial charge on any atom is -0.493 e. The Kier molecular flexibility index (Phi) is 5.32. The number of methoxy groups -OCH3 is 4. The third kappa shape index (κ3) is 3.20. The number of rotatable bonds is 6. The van der Waals surface area contributed by atoms with E-state index in [1.54, 1.807) is 46.6 Å². The molecule has 138 valence electrons. The van der Waals surface area contributed by atoms with Gasteiger partial charge in [-0.1, -0.05) is 0 Å². The van der Waals surface area contributed by atoms with Gasteiger partial charge in [0.1, 0.15) is 0 Å². The number of benzene rings is 2. The molecule has 6 nitrogen and oxygen atoms in total. The molecule has 2 aromatic carbocycles. The summed E-state index contributed by atoms with van der Waals surface area (Å²) in [4.78, 5) is 13.2. The Bertz CT molecular complexity index is 818. The zero-order chi connectivity index (χ0) is 18.7. The van der Waals surface area contributed by atoms with Crippen molar-refractivity contribution in [3.8, 4) is 23.0 Å². The maximum Gasteiger partial charge on any atom is 0.184 e. The minimum absolute atomic E-state index is 0.0286. The van der Waals surface area contributed by atoms with Crippen molar-refractivity contribution >= 4 is 5.78 Å². The van der Waals surface area contributed by atoms with Gasteiger partial charge in [0.15, 0.2) is 28.8 Å². The van der Waals surface area contributed by atoms with Gasteiger partial charge in [0.25, 0.3) is 0 Å². The second-order valence-corrected chi connectivity index (χ2v) is 5.98. The molecule has 1 aliphatic rings. The number of hydrogen-bond acceptors (Lipinski definition) is 6. The number of Topliss-reactive ketones (excluding diaryl/α,β-unsaturated/α-hetero) is 1. The zero-order valence-electron chi connectivity index (χ0n) is 15.4. The lowest BCUT2D eigenvalue weighted by atomic mass is 9.89. The van der Waals surface area contributed by atoms with E-state index < -0.39 is 6.04 Å². The van der Waals surface area contributed by atoms with Crippen LogP contribution in [-0.4, -0.2) is 40.8 Å². The summed E-state index contributed by atoms with van der Waals surface area (Å²) < 4.78 is 21.3. The fourth-order valence-electron chi connectivity index (χ4n) is 3.27. The Labute approximate surface area is 153 Å². The number of ketones is 1. The number of fused-ring (bicyclic) bond motifs is 1. The van der Waals surface area contributed by atoms with E-state index >= 15 is 0 Å². The summed E-state index contributed by atoms with van der Waals surface area (Å²) in [6, 6.07) is 8.58. The van der Waals surface area contributed by atoms with Gasteiger partial charge in [-0.25, -0.2) is 0 Å². The van der Waals surface area contributed by atoms with Gasteiger partial charge in [0, 0.05) is 12.1 Å². The molecule has 0 bridgehead atoms. The quantitative estimate of drug-likeness (QED) is 0.802. The van der Waals surface area contributed by atoms with E-state index in [0.29, 0.717) is 35.1 Å². The number of carbonyl (C=O) groups is 1. The summed E-state index contributed by atoms with van der Waals surface area (Å²) in [5, 5.41) is 3.31. The predicted molar refractivity (Wildman–Crippen MR) is 97.9 cm³/mol. The fraction of sp³-hybridized carbons (Fsp3) is 0.350. The predicted octanol–water partition coefficient (Wildman–Crippen LogP) is 2.79. The molecule has 1 aliphatic heterocycles. The van der Waals surface area contributed by atoms with Crippen LogP contribution >= 0.6 is 0 Å². The lowest BCUT2D eigenvalue weighted by Crippen LogP contribution is -2.35. The molecule has 0 unspecified atom stereocenters. The first-order valence-electron chi connectivity index (χ1n) is 8.37. The molecule has 0 saturated carbocycles. The first-order chi connectivity index (χ1) is 12.6. The van der Waals surface area contributed by atoms with Crippen LogP contribution in [0.5, 0.6) is 23.0 Å². The highest BCUT2D eigenvalue weighted by Gasteiger charge is 2.29. The third-order valence-electron chi connectivity index (χ3n) is 4.63. The summed E-state index contributed by atoms with van der Waals surface area (Å²) in [5.74, 6) is 2.37. The van der Waals surface area contributed by atoms with E-state index in [1.165, 1.54) is 0 Å². The van der Waals surface area contributed by atoms with Crippen molar-refractivity contribution in [1.29, 1.82) is 0 Å². The van der Waals surface area contributed by atoms with Crippen molar-refractivity contribution in [2.75, 3.05) is 35.0 Å². The normalized spacial score (nSPS) is 15.8. The Balaban J connectivity index is 2.00. The second kappa shape index (κ2) is 7.66. The van der Waals surface area contributed by atoms with E-state index in [9.17, 15) is 4.79 Å². The summed E-state index contributed by atoms with van der Waals surface area (Å²) >= 11 is 0. The summed E-state index contributed by atoms with van der Waals surface area (Å²) in [6.07, 6.45) is 0.825. The highest BCUT2D eigenvalue weighted by atomic mass is 16.5. The van der Waals surface area contributed by atoms with Crippen molar-refractivity contribution in [1.82, 2.24) is 5.32 Å². The molecule has 1 N–H and O–H groups in total. The molecule has 0 amide bonds. The van der Waals surface area contributed by atoms with Crippen LogP contribution in [0.3, 0.4) is 0 Å². The smallest absolute Gasteiger partial charge is 0.184 e. The Morgan fingerprint density at radius 2 is 1.50 bits per heavy atom. The SMILES string of the molecule is COc1ccc(C(=O)[C@@H]2NCCc3cc(OC)c(OC)cc32)cc1OC. The first-order valence-corrected chi connectivity index (χ1v) is 8.37. The van der Waals surface area contributed by atoms with Gasteiger partial charge >= 0.3 is 0 Å². The number of ether oxygens (including phenoxy) is 4. The lowest BCUT2D eigenvalue weighted by molar-refractivity contribution is 0.0939. The van der Waals surface area contributed by atoms with E-state index in [1.807, 2.05) is 12.1 Å². The van der Waals surface area contributed by atoms with E-state index in [4.69, 9.17) is 18.9 Å². The number of nitrogens with one attached hydrogen (secondary N) is 1. The fourth-order valence-corrected chi connectivity index (χ4v) is 3.27. The average Bonchev–Trinajstić information content (AvgIpc) is 2.70. The molecule has 0 spiro atoms. The lowest BCUT2D eigenvalue weighted by Gasteiger charge is -2.27. The maximum atomic E-state index is 13.2. The molecule has 26 heavy (non-hydrogen) atoms. The van der Waals surface area contributed by atoms with Gasteiger partial charge in [0.05, 0.1) is 34.5 Å². The topological polar surface area (TPSA) is 66.0 Å². The molecule has 1 heterocycles. The molecule has 0 aliphatic carbocycles. The Morgan fingerprint density at radius 3 is 2.15 bits per heavy atom. The summed E-state index contributed by atoms with van der Waals surface area (Å²) in [6.45, 7) is 0.714. The number of hydrogen-bond donors (Lipinski definition) is 1. The van der Waals surface area contributed by atoms with Gasteiger partial charge in [-0.3, -0.25) is 4.79 Å². The van der Waals surface area contributed by atoms with Crippen LogP contribution < -0.4 is 24.3 Å². The Hall–Kier alpha value is -2.73. The number of carbonyl (C=O) groups excluding carboxylic acids is 1. The van der Waals surface area contributed by atoms with Crippen LogP contribution in [0.4, 0.5) is 0 Å². The molecule has 2 aromatic rings. The van der Waals surface area contributed by atoms with Gasteiger partial charge in [-0.2, -0.15) is 0 Å². The van der Waals surface area contributed by atoms with Crippen LogP contribution in [-0.2, 0) is 6.42 Å². The molecule has 1 atom stereocenters. The molecule has 0 fully saturated rings. The van der Waals surface area contributed by atoms with Gasteiger partial charge < -0.3 is 24.3 Å². The van der Waals surface area contributed by atoms with Gasteiger partial charge in [-0.15, -0.1) is 0 Å². The maximum absolute atomic E-state index is 13.2. The summed E-state index contributed by atoms with van der Waals surface area (Å²) in [5.41, 5.74) is 2.55. The van der Waals surface area contributed by atoms with Crippen molar-refractivity contribution < 1.29 is 23.7 Å². The van der Waals surface area contributed by atoms with Crippen LogP contribution in [0.25, 0.3) is 0 Å². The van der Waals surface area contributed by atoms with E-state index in [0.717, 1.165) is 17.5 Å². The highest BCUT2D eigenvalue weighted by Crippen LogP contribution is 2.37. The third-order valence-corrected chi connectivity index (χ3v) is 4.63. The zero-order valence-corrected chi connectivity index (χ0v) is 15.4. The van der Waals surface area contributed by atoms with E-state index in [-0.39, 0.29) is 5.78 Å². The molecule has 0 aromatic heterocycles. The van der Waals surface area contributed by atoms with Crippen LogP contribution in [0.2, 0.25) is 0 Å². The van der Waals surface area contributed by atoms with E-state index in [2.05, 4.69) is 5.32 Å². The molecule has 0 saturated heterocycles. The van der Waals surface area contributed by atoms with Crippen LogP contribution in [0, 0.1) is 0 Å². The van der Waals surface area contributed by atoms with Crippen LogP contribution in [0.15, 0.2) is 30.3 Å². The van der Waals surface area contributed by atoms with Crippen molar-refractivity contribution in [3.05, 3.63) is 47.0 Å². The molecular weight excluding hydrogens is 334 g/mol. The second-order valence-electron chi connectivity index (χ2n) is 5.98. The largest absolute Gasteiger partial charge is 0.493 e. The summed E-state index contributed by atoms with van der Waals surface area (Å²) in [7, 11) is 6.32. The van der Waals surface area contributed by atoms with Crippen molar-refractivity contribution in [2.24, 2.45) is 0 Å². The van der Waals surface area contributed by atoms with Crippen molar-refractivity contribution in [2.45, 2.75) is 12.5 Å². The molecule has 6 heteroatoms. The molecule has 0 radical (unpaired) electrons. The minimum atomic E-state index is -0.448. The molecule has 3 rings (SSSR count). The van der Waals surface area contributed by atoms with Crippen molar-refractivity contribution in [3.63, 3.8) is 0 Å². The monoisotopic (exact) mass is 357 g/mol. The highest BCUT2D eigenvalue weighted by molar-refractivity contribution is 6.01.